The zero-order valence-electron chi connectivity index (χ0n) is 23.7. The third-order valence-electron chi connectivity index (χ3n) is 7.34. The molecule has 0 heterocycles. The van der Waals surface area contributed by atoms with Crippen LogP contribution < -0.4 is 19.1 Å². The van der Waals surface area contributed by atoms with E-state index in [4.69, 9.17) is 9.47 Å². The zero-order valence-corrected chi connectivity index (χ0v) is 24.5. The highest BCUT2D eigenvalue weighted by Crippen LogP contribution is 2.32. The van der Waals surface area contributed by atoms with Crippen LogP contribution in [0, 0.1) is 0 Å². The van der Waals surface area contributed by atoms with Crippen molar-refractivity contribution >= 4 is 27.5 Å². The summed E-state index contributed by atoms with van der Waals surface area (Å²) in [6, 6.07) is 21.0. The standard InChI is InChI=1S/C31H37N3O6S/c1-23(31(36)32-25-11-7-8-12-25)33(21-24-17-19-26(39-2)20-18-24)30(35)22-34(28-15-9-10-16-29(28)40-3)41(37,38)27-13-5-4-6-14-27/h4-6,9-10,13-20,23,25H,7-8,11-12,21-22H2,1-3H3,(H,32,36)/t23-/m0/s1. The van der Waals surface area contributed by atoms with Crippen molar-refractivity contribution in [3.05, 3.63) is 84.4 Å². The van der Waals surface area contributed by atoms with Gasteiger partial charge in [0.05, 0.1) is 24.8 Å². The van der Waals surface area contributed by atoms with Crippen LogP contribution in [0.1, 0.15) is 38.2 Å². The van der Waals surface area contributed by atoms with Gasteiger partial charge in [-0.05, 0) is 61.7 Å². The maximum Gasteiger partial charge on any atom is 0.264 e. The molecule has 0 aliphatic heterocycles. The second-order valence-electron chi connectivity index (χ2n) is 10.0. The zero-order chi connectivity index (χ0) is 29.4. The molecule has 0 unspecified atom stereocenters. The number of sulfonamides is 1. The van der Waals surface area contributed by atoms with Crippen molar-refractivity contribution < 1.29 is 27.5 Å². The van der Waals surface area contributed by atoms with E-state index in [9.17, 15) is 18.0 Å². The van der Waals surface area contributed by atoms with Crippen molar-refractivity contribution in [2.45, 2.75) is 56.1 Å². The summed E-state index contributed by atoms with van der Waals surface area (Å²) in [7, 11) is -1.16. The Balaban J connectivity index is 1.70. The van der Waals surface area contributed by atoms with Crippen molar-refractivity contribution in [2.24, 2.45) is 0 Å². The number of benzene rings is 3. The molecule has 0 bridgehead atoms. The van der Waals surface area contributed by atoms with E-state index in [0.29, 0.717) is 11.5 Å². The van der Waals surface area contributed by atoms with E-state index in [1.807, 2.05) is 12.1 Å². The van der Waals surface area contributed by atoms with E-state index >= 15 is 0 Å². The number of hydrogen-bond acceptors (Lipinski definition) is 6. The molecule has 1 saturated carbocycles. The number of rotatable bonds is 12. The van der Waals surface area contributed by atoms with Crippen LogP contribution in [-0.4, -0.2) is 58.0 Å². The Labute approximate surface area is 242 Å². The molecule has 3 aromatic rings. The molecule has 2 amide bonds. The SMILES string of the molecule is COc1ccc(CN(C(=O)CN(c2ccccc2OC)S(=O)(=O)c2ccccc2)[C@@H](C)C(=O)NC2CCCC2)cc1. The van der Waals surface area contributed by atoms with Gasteiger partial charge in [0.2, 0.25) is 11.8 Å². The topological polar surface area (TPSA) is 105 Å². The minimum Gasteiger partial charge on any atom is -0.497 e. The van der Waals surface area contributed by atoms with Crippen molar-refractivity contribution in [1.29, 1.82) is 0 Å². The summed E-state index contributed by atoms with van der Waals surface area (Å²) >= 11 is 0. The highest BCUT2D eigenvalue weighted by molar-refractivity contribution is 7.92. The predicted molar refractivity (Wildman–Crippen MR) is 157 cm³/mol. The molecule has 1 N–H and O–H groups in total. The smallest absolute Gasteiger partial charge is 0.264 e. The lowest BCUT2D eigenvalue weighted by Crippen LogP contribution is -2.52. The number of amides is 2. The molecule has 9 nitrogen and oxygen atoms in total. The van der Waals surface area contributed by atoms with Crippen LogP contribution in [0.5, 0.6) is 11.5 Å². The third-order valence-corrected chi connectivity index (χ3v) is 9.12. The summed E-state index contributed by atoms with van der Waals surface area (Å²) < 4.78 is 39.6. The molecule has 218 valence electrons. The van der Waals surface area contributed by atoms with Gasteiger partial charge in [-0.1, -0.05) is 55.3 Å². The van der Waals surface area contributed by atoms with Gasteiger partial charge in [-0.25, -0.2) is 8.42 Å². The van der Waals surface area contributed by atoms with Gasteiger partial charge in [0.25, 0.3) is 10.0 Å². The van der Waals surface area contributed by atoms with Crippen LogP contribution in [-0.2, 0) is 26.2 Å². The van der Waals surface area contributed by atoms with Gasteiger partial charge in [0, 0.05) is 12.6 Å². The average Bonchev–Trinajstić information content (AvgIpc) is 3.52. The van der Waals surface area contributed by atoms with E-state index < -0.39 is 28.5 Å². The number of hydrogen-bond donors (Lipinski definition) is 1. The monoisotopic (exact) mass is 579 g/mol. The van der Waals surface area contributed by atoms with E-state index in [0.717, 1.165) is 35.6 Å². The quantitative estimate of drug-likeness (QED) is 0.342. The first kappa shape index (κ1) is 29.9. The number of nitrogens with one attached hydrogen (secondary N) is 1. The first-order valence-electron chi connectivity index (χ1n) is 13.7. The summed E-state index contributed by atoms with van der Waals surface area (Å²) in [6.45, 7) is 1.24. The van der Waals surface area contributed by atoms with Gasteiger partial charge in [-0.2, -0.15) is 0 Å². The van der Waals surface area contributed by atoms with E-state index in [1.54, 1.807) is 68.6 Å². The van der Waals surface area contributed by atoms with E-state index in [-0.39, 0.29) is 29.1 Å². The molecule has 1 aliphatic rings. The second kappa shape index (κ2) is 13.5. The summed E-state index contributed by atoms with van der Waals surface area (Å²) in [5.41, 5.74) is 0.995. The van der Waals surface area contributed by atoms with Crippen LogP contribution in [0.3, 0.4) is 0 Å². The number of carbonyl (C=O) groups is 2. The molecule has 0 aromatic heterocycles. The number of anilines is 1. The summed E-state index contributed by atoms with van der Waals surface area (Å²) in [5, 5.41) is 3.07. The number of ether oxygens (including phenoxy) is 2. The Morgan fingerprint density at radius 1 is 0.902 bits per heavy atom. The molecule has 1 fully saturated rings. The second-order valence-corrected chi connectivity index (χ2v) is 11.9. The molecule has 3 aromatic carbocycles. The third kappa shape index (κ3) is 7.18. The Kier molecular flexibility index (Phi) is 9.88. The molecule has 4 rings (SSSR count). The molecule has 1 aliphatic carbocycles. The van der Waals surface area contributed by atoms with Crippen molar-refractivity contribution in [3.63, 3.8) is 0 Å². The lowest BCUT2D eigenvalue weighted by Gasteiger charge is -2.32. The molecule has 10 heteroatoms. The first-order valence-corrected chi connectivity index (χ1v) is 15.1. The predicted octanol–water partition coefficient (Wildman–Crippen LogP) is 4.38. The fraction of sp³-hybridized carbons (Fsp3) is 0.355. The van der Waals surface area contributed by atoms with Gasteiger partial charge < -0.3 is 19.7 Å². The Hall–Kier alpha value is -4.05. The maximum atomic E-state index is 14.1. The lowest BCUT2D eigenvalue weighted by molar-refractivity contribution is -0.139. The molecule has 0 saturated heterocycles. The van der Waals surface area contributed by atoms with Gasteiger partial charge in [0.1, 0.15) is 24.1 Å². The fourth-order valence-corrected chi connectivity index (χ4v) is 6.42. The van der Waals surface area contributed by atoms with Crippen LogP contribution in [0.25, 0.3) is 0 Å². The summed E-state index contributed by atoms with van der Waals surface area (Å²) in [5.74, 6) is 0.164. The number of nitrogens with zero attached hydrogens (tertiary/aromatic N) is 2. The molecule has 1 atom stereocenters. The Bertz CT molecular complexity index is 1420. The van der Waals surface area contributed by atoms with Gasteiger partial charge in [0.15, 0.2) is 0 Å². The van der Waals surface area contributed by atoms with E-state index in [2.05, 4.69) is 5.32 Å². The highest BCUT2D eigenvalue weighted by atomic mass is 32.2. The fourth-order valence-electron chi connectivity index (χ4n) is 4.97. The molecule has 0 spiro atoms. The Morgan fingerprint density at radius 3 is 2.17 bits per heavy atom. The number of carbonyl (C=O) groups excluding carboxylic acids is 2. The average molecular weight is 580 g/mol. The summed E-state index contributed by atoms with van der Waals surface area (Å²) in [6.07, 6.45) is 3.92. The largest absolute Gasteiger partial charge is 0.497 e. The minimum atomic E-state index is -4.17. The molecular weight excluding hydrogens is 542 g/mol. The van der Waals surface area contributed by atoms with Gasteiger partial charge in [-0.3, -0.25) is 13.9 Å². The number of para-hydroxylation sites is 2. The van der Waals surface area contributed by atoms with Gasteiger partial charge in [-0.15, -0.1) is 0 Å². The first-order chi connectivity index (χ1) is 19.7. The molecule has 0 radical (unpaired) electrons. The van der Waals surface area contributed by atoms with Crippen molar-refractivity contribution in [3.8, 4) is 11.5 Å². The van der Waals surface area contributed by atoms with E-state index in [1.165, 1.54) is 24.1 Å². The van der Waals surface area contributed by atoms with Crippen molar-refractivity contribution in [2.75, 3.05) is 25.1 Å². The van der Waals surface area contributed by atoms with Crippen LogP contribution in [0.2, 0.25) is 0 Å². The molecular formula is C31H37N3O6S. The molecule has 41 heavy (non-hydrogen) atoms. The number of methoxy groups -OCH3 is 2. The normalized spacial score (nSPS) is 14.2. The van der Waals surface area contributed by atoms with Gasteiger partial charge >= 0.3 is 0 Å². The van der Waals surface area contributed by atoms with Crippen LogP contribution in [0.4, 0.5) is 5.69 Å². The Morgan fingerprint density at radius 2 is 1.54 bits per heavy atom. The lowest BCUT2D eigenvalue weighted by atomic mass is 10.1. The highest BCUT2D eigenvalue weighted by Gasteiger charge is 2.34. The van der Waals surface area contributed by atoms with Crippen LogP contribution >= 0.6 is 0 Å². The minimum absolute atomic E-state index is 0.0347. The summed E-state index contributed by atoms with van der Waals surface area (Å²) in [4.78, 5) is 28.9. The van der Waals surface area contributed by atoms with Crippen molar-refractivity contribution in [1.82, 2.24) is 10.2 Å². The van der Waals surface area contributed by atoms with Crippen LogP contribution in [0.15, 0.2) is 83.8 Å². The maximum absolute atomic E-state index is 14.1.